The highest BCUT2D eigenvalue weighted by Crippen LogP contribution is 2.42. The molecule has 1 saturated carbocycles. The van der Waals surface area contributed by atoms with Crippen molar-refractivity contribution in [3.05, 3.63) is 12.3 Å². The predicted octanol–water partition coefficient (Wildman–Crippen LogP) is 4.30. The van der Waals surface area contributed by atoms with Gasteiger partial charge in [-0.25, -0.2) is 0 Å². The van der Waals surface area contributed by atoms with Crippen molar-refractivity contribution in [2.45, 2.75) is 53.9 Å². The van der Waals surface area contributed by atoms with Crippen molar-refractivity contribution < 1.29 is 0 Å². The first kappa shape index (κ1) is 13.6. The highest BCUT2D eigenvalue weighted by atomic mass is 15.2. The molecule has 0 amide bonds. The average Bonchev–Trinajstić information content (AvgIpc) is 2.42. The molecular weight excluding hydrogens is 194 g/mol. The summed E-state index contributed by atoms with van der Waals surface area (Å²) in [4.78, 5) is 2.56. The second-order valence-electron chi connectivity index (χ2n) is 6.58. The number of allylic oxidation sites excluding steroid dienone is 1. The van der Waals surface area contributed by atoms with E-state index in [1.54, 1.807) is 0 Å². The summed E-state index contributed by atoms with van der Waals surface area (Å²) in [5.74, 6) is 1.75. The molecule has 0 aromatic heterocycles. The topological polar surface area (TPSA) is 3.24 Å². The minimum Gasteiger partial charge on any atom is -0.374 e. The summed E-state index contributed by atoms with van der Waals surface area (Å²) in [7, 11) is 0. The van der Waals surface area contributed by atoms with Gasteiger partial charge in [-0.05, 0) is 24.2 Å². The predicted molar refractivity (Wildman–Crippen MR) is 72.3 cm³/mol. The average molecular weight is 223 g/mol. The van der Waals surface area contributed by atoms with Gasteiger partial charge in [-0.1, -0.05) is 47.6 Å². The zero-order chi connectivity index (χ0) is 11.1. The lowest BCUT2D eigenvalue weighted by Crippen LogP contribution is -2.29. The normalized spacial score (nSPS) is 29.9. The van der Waals surface area contributed by atoms with E-state index in [-0.39, 0.29) is 7.43 Å². The molecule has 0 N–H and O–H groups in total. The van der Waals surface area contributed by atoms with E-state index in [4.69, 9.17) is 0 Å². The number of rotatable bonds is 1. The molecule has 2 atom stereocenters. The quantitative estimate of drug-likeness (QED) is 0.640. The second-order valence-corrected chi connectivity index (χ2v) is 6.58. The van der Waals surface area contributed by atoms with E-state index in [1.165, 1.54) is 44.5 Å². The van der Waals surface area contributed by atoms with E-state index in [0.717, 1.165) is 11.8 Å². The van der Waals surface area contributed by atoms with Crippen LogP contribution in [0.1, 0.15) is 53.9 Å². The van der Waals surface area contributed by atoms with Crippen LogP contribution in [0.4, 0.5) is 0 Å². The van der Waals surface area contributed by atoms with Crippen molar-refractivity contribution in [1.82, 2.24) is 4.90 Å². The molecule has 2 unspecified atom stereocenters. The maximum Gasteiger partial charge on any atom is 0.0223 e. The summed E-state index contributed by atoms with van der Waals surface area (Å²) in [5, 5.41) is 0. The first-order valence-electron chi connectivity index (χ1n) is 6.41. The van der Waals surface area contributed by atoms with E-state index in [2.05, 4.69) is 32.3 Å². The van der Waals surface area contributed by atoms with Crippen molar-refractivity contribution in [1.29, 1.82) is 0 Å². The third kappa shape index (κ3) is 2.81. The zero-order valence-electron chi connectivity index (χ0n) is 10.6. The van der Waals surface area contributed by atoms with Gasteiger partial charge in [0.2, 0.25) is 0 Å². The van der Waals surface area contributed by atoms with E-state index < -0.39 is 0 Å². The van der Waals surface area contributed by atoms with Crippen molar-refractivity contribution in [2.24, 2.45) is 17.3 Å². The highest BCUT2D eigenvalue weighted by Gasteiger charge is 2.37. The molecule has 16 heavy (non-hydrogen) atoms. The Morgan fingerprint density at radius 1 is 1.25 bits per heavy atom. The molecule has 0 spiro atoms. The van der Waals surface area contributed by atoms with Crippen LogP contribution < -0.4 is 0 Å². The van der Waals surface area contributed by atoms with Gasteiger partial charge in [0.25, 0.3) is 0 Å². The molecule has 1 saturated heterocycles. The van der Waals surface area contributed by atoms with Crippen LogP contribution in [0.3, 0.4) is 0 Å². The maximum absolute atomic E-state index is 4.33. The lowest BCUT2D eigenvalue weighted by atomic mass is 9.81. The number of likely N-dealkylation sites (tertiary alicyclic amines) is 1. The van der Waals surface area contributed by atoms with E-state index in [9.17, 15) is 0 Å². The summed E-state index contributed by atoms with van der Waals surface area (Å²) in [6.45, 7) is 13.8. The highest BCUT2D eigenvalue weighted by molar-refractivity contribution is 5.11. The summed E-state index contributed by atoms with van der Waals surface area (Å²) >= 11 is 0. The summed E-state index contributed by atoms with van der Waals surface area (Å²) < 4.78 is 0. The molecule has 94 valence electrons. The Morgan fingerprint density at radius 3 is 2.44 bits per heavy atom. The van der Waals surface area contributed by atoms with Gasteiger partial charge in [0.1, 0.15) is 0 Å². The standard InChI is InChI=1S/C14H25N.CH4/c1-11-13-8-6-5-7-12(13)9-15(11)10-14(2,3)4;/h12-13H,1,5-10H2,2-4H3;1H4. The smallest absolute Gasteiger partial charge is 0.0223 e. The molecule has 0 aromatic carbocycles. The molecule has 2 fully saturated rings. The molecule has 1 aliphatic carbocycles. The van der Waals surface area contributed by atoms with Crippen LogP contribution >= 0.6 is 0 Å². The van der Waals surface area contributed by atoms with E-state index in [0.29, 0.717) is 5.41 Å². The molecule has 0 radical (unpaired) electrons. The van der Waals surface area contributed by atoms with E-state index in [1.807, 2.05) is 0 Å². The third-order valence-corrected chi connectivity index (χ3v) is 3.86. The molecule has 2 aliphatic rings. The Morgan fingerprint density at radius 2 is 1.88 bits per heavy atom. The van der Waals surface area contributed by atoms with Gasteiger partial charge in [0, 0.05) is 24.7 Å². The lowest BCUT2D eigenvalue weighted by molar-refractivity contribution is 0.244. The fraction of sp³-hybridized carbons (Fsp3) is 0.867. The Hall–Kier alpha value is -0.460. The minimum absolute atomic E-state index is 0. The number of hydrogen-bond donors (Lipinski definition) is 0. The van der Waals surface area contributed by atoms with Gasteiger partial charge in [-0.15, -0.1) is 0 Å². The van der Waals surface area contributed by atoms with Crippen molar-refractivity contribution >= 4 is 0 Å². The molecule has 0 bridgehead atoms. The van der Waals surface area contributed by atoms with Crippen LogP contribution in [0.15, 0.2) is 12.3 Å². The monoisotopic (exact) mass is 223 g/mol. The van der Waals surface area contributed by atoms with Crippen LogP contribution in [0, 0.1) is 17.3 Å². The maximum atomic E-state index is 4.33. The van der Waals surface area contributed by atoms with E-state index >= 15 is 0 Å². The van der Waals surface area contributed by atoms with Crippen LogP contribution in [-0.4, -0.2) is 18.0 Å². The Kier molecular flexibility index (Phi) is 4.09. The fourth-order valence-corrected chi connectivity index (χ4v) is 3.24. The van der Waals surface area contributed by atoms with Crippen molar-refractivity contribution in [3.8, 4) is 0 Å². The summed E-state index contributed by atoms with van der Waals surface area (Å²) in [6, 6.07) is 0. The van der Waals surface area contributed by atoms with Gasteiger partial charge in [-0.3, -0.25) is 0 Å². The van der Waals surface area contributed by atoms with Gasteiger partial charge < -0.3 is 4.90 Å². The molecular formula is C15H29N. The molecule has 1 heteroatoms. The number of nitrogens with zero attached hydrogens (tertiary/aromatic N) is 1. The fourth-order valence-electron chi connectivity index (χ4n) is 3.24. The zero-order valence-corrected chi connectivity index (χ0v) is 10.6. The third-order valence-electron chi connectivity index (χ3n) is 3.86. The summed E-state index contributed by atoms with van der Waals surface area (Å²) in [5.41, 5.74) is 1.84. The Balaban J connectivity index is 0.00000128. The van der Waals surface area contributed by atoms with Crippen LogP contribution in [0.2, 0.25) is 0 Å². The molecule has 1 heterocycles. The van der Waals surface area contributed by atoms with Crippen LogP contribution in [0.25, 0.3) is 0 Å². The summed E-state index contributed by atoms with van der Waals surface area (Å²) in [6.07, 6.45) is 5.69. The molecule has 2 rings (SSSR count). The van der Waals surface area contributed by atoms with Crippen molar-refractivity contribution in [3.63, 3.8) is 0 Å². The van der Waals surface area contributed by atoms with Gasteiger partial charge in [0.15, 0.2) is 0 Å². The number of fused-ring (bicyclic) bond motifs is 1. The Labute approximate surface area is 102 Å². The van der Waals surface area contributed by atoms with Gasteiger partial charge >= 0.3 is 0 Å². The lowest BCUT2D eigenvalue weighted by Gasteiger charge is -2.29. The van der Waals surface area contributed by atoms with Gasteiger partial charge in [-0.2, -0.15) is 0 Å². The largest absolute Gasteiger partial charge is 0.374 e. The minimum atomic E-state index is 0. The molecule has 1 aliphatic heterocycles. The molecule has 1 nitrogen and oxygen atoms in total. The first-order valence-corrected chi connectivity index (χ1v) is 6.41. The van der Waals surface area contributed by atoms with Crippen molar-refractivity contribution in [2.75, 3.05) is 13.1 Å². The SMILES string of the molecule is C.C=C1C2CCCCC2CN1CC(C)(C)C. The second kappa shape index (κ2) is 4.81. The van der Waals surface area contributed by atoms with Crippen LogP contribution in [0.5, 0.6) is 0 Å². The first-order chi connectivity index (χ1) is 6.97. The van der Waals surface area contributed by atoms with Gasteiger partial charge in [0.05, 0.1) is 0 Å². The molecule has 0 aromatic rings. The van der Waals surface area contributed by atoms with Crippen LogP contribution in [-0.2, 0) is 0 Å². The Bertz CT molecular complexity index is 249. The number of hydrogen-bond acceptors (Lipinski definition) is 1.